The van der Waals surface area contributed by atoms with Gasteiger partial charge in [0.1, 0.15) is 5.76 Å². The van der Waals surface area contributed by atoms with E-state index in [-0.39, 0.29) is 28.5 Å². The zero-order chi connectivity index (χ0) is 14.7. The third kappa shape index (κ3) is 2.33. The second-order valence-corrected chi connectivity index (χ2v) is 3.77. The SMILES string of the molecule is COC(=O)c1oc(-c2ccccc2[N+](=O)[O-])cc1OC. The first-order valence-electron chi connectivity index (χ1n) is 5.58. The number of nitro benzene ring substituents is 1. The van der Waals surface area contributed by atoms with Crippen molar-refractivity contribution in [3.63, 3.8) is 0 Å². The Morgan fingerprint density at radius 3 is 2.60 bits per heavy atom. The number of ether oxygens (including phenoxy) is 2. The van der Waals surface area contributed by atoms with Gasteiger partial charge in [0.2, 0.25) is 0 Å². The van der Waals surface area contributed by atoms with Crippen LogP contribution in [-0.2, 0) is 4.74 Å². The first kappa shape index (κ1) is 13.6. The molecular formula is C13H11NO6. The molecular weight excluding hydrogens is 266 g/mol. The van der Waals surface area contributed by atoms with Gasteiger partial charge in [-0.15, -0.1) is 0 Å². The molecule has 1 heterocycles. The van der Waals surface area contributed by atoms with Crippen molar-refractivity contribution in [3.05, 3.63) is 46.2 Å². The molecule has 0 radical (unpaired) electrons. The molecule has 0 unspecified atom stereocenters. The summed E-state index contributed by atoms with van der Waals surface area (Å²) in [5.41, 5.74) is 0.131. The predicted octanol–water partition coefficient (Wildman–Crippen LogP) is 2.65. The summed E-state index contributed by atoms with van der Waals surface area (Å²) < 4.78 is 14.9. The van der Waals surface area contributed by atoms with Gasteiger partial charge in [-0.1, -0.05) is 12.1 Å². The maximum atomic E-state index is 11.5. The van der Waals surface area contributed by atoms with Gasteiger partial charge < -0.3 is 13.9 Å². The number of methoxy groups -OCH3 is 2. The highest BCUT2D eigenvalue weighted by Gasteiger charge is 2.24. The molecule has 2 aromatic rings. The molecule has 0 amide bonds. The van der Waals surface area contributed by atoms with Crippen molar-refractivity contribution in [1.29, 1.82) is 0 Å². The Labute approximate surface area is 113 Å². The minimum absolute atomic E-state index is 0.125. The van der Waals surface area contributed by atoms with E-state index in [1.165, 1.54) is 32.4 Å². The van der Waals surface area contributed by atoms with Crippen LogP contribution in [0, 0.1) is 10.1 Å². The Morgan fingerprint density at radius 1 is 1.30 bits per heavy atom. The molecule has 1 aromatic carbocycles. The Kier molecular flexibility index (Phi) is 3.69. The molecule has 0 N–H and O–H groups in total. The minimum Gasteiger partial charge on any atom is -0.492 e. The molecule has 0 fully saturated rings. The van der Waals surface area contributed by atoms with Gasteiger partial charge in [-0.3, -0.25) is 10.1 Å². The van der Waals surface area contributed by atoms with Gasteiger partial charge >= 0.3 is 5.97 Å². The molecule has 20 heavy (non-hydrogen) atoms. The number of benzene rings is 1. The van der Waals surface area contributed by atoms with E-state index in [0.717, 1.165) is 0 Å². The maximum absolute atomic E-state index is 11.5. The number of esters is 1. The number of para-hydroxylation sites is 1. The fourth-order valence-electron chi connectivity index (χ4n) is 1.73. The Morgan fingerprint density at radius 2 is 2.00 bits per heavy atom. The summed E-state index contributed by atoms with van der Waals surface area (Å²) in [7, 11) is 2.56. The van der Waals surface area contributed by atoms with Gasteiger partial charge in [-0.25, -0.2) is 4.79 Å². The first-order chi connectivity index (χ1) is 9.58. The first-order valence-corrected chi connectivity index (χ1v) is 5.58. The molecule has 7 heteroatoms. The molecule has 0 aliphatic heterocycles. The summed E-state index contributed by atoms with van der Waals surface area (Å²) >= 11 is 0. The number of rotatable bonds is 4. The van der Waals surface area contributed by atoms with Gasteiger partial charge in [-0.2, -0.15) is 0 Å². The molecule has 0 atom stereocenters. The zero-order valence-electron chi connectivity index (χ0n) is 10.8. The van der Waals surface area contributed by atoms with E-state index in [9.17, 15) is 14.9 Å². The molecule has 7 nitrogen and oxygen atoms in total. The maximum Gasteiger partial charge on any atom is 0.377 e. The normalized spacial score (nSPS) is 10.1. The smallest absolute Gasteiger partial charge is 0.377 e. The van der Waals surface area contributed by atoms with Crippen LogP contribution in [0.1, 0.15) is 10.6 Å². The standard InChI is InChI=1S/C13H11NO6/c1-18-11-7-10(20-12(11)13(15)19-2)8-5-3-4-6-9(8)14(16)17/h3-7H,1-2H3. The summed E-state index contributed by atoms with van der Waals surface area (Å²) in [6, 6.07) is 7.46. The lowest BCUT2D eigenvalue weighted by Crippen LogP contribution is -2.01. The Hall–Kier alpha value is -2.83. The molecule has 0 spiro atoms. The minimum atomic E-state index is -0.716. The van der Waals surface area contributed by atoms with Crippen LogP contribution < -0.4 is 4.74 Å². The summed E-state index contributed by atoms with van der Waals surface area (Å²) in [4.78, 5) is 22.0. The molecule has 1 aromatic heterocycles. The number of furan rings is 1. The highest BCUT2D eigenvalue weighted by molar-refractivity contribution is 5.90. The number of nitro groups is 1. The number of carbonyl (C=O) groups excluding carboxylic acids is 1. The van der Waals surface area contributed by atoms with E-state index in [1.807, 2.05) is 0 Å². The summed E-state index contributed by atoms with van der Waals surface area (Å²) in [5, 5.41) is 11.0. The van der Waals surface area contributed by atoms with Crippen LogP contribution in [0.3, 0.4) is 0 Å². The van der Waals surface area contributed by atoms with Crippen LogP contribution in [0.2, 0.25) is 0 Å². The Bertz CT molecular complexity index is 661. The van der Waals surface area contributed by atoms with Crippen LogP contribution in [0.25, 0.3) is 11.3 Å². The third-order valence-electron chi connectivity index (χ3n) is 2.65. The summed E-state index contributed by atoms with van der Waals surface area (Å²) in [6.07, 6.45) is 0. The van der Waals surface area contributed by atoms with Crippen molar-refractivity contribution >= 4 is 11.7 Å². The lowest BCUT2D eigenvalue weighted by Gasteiger charge is -1.99. The van der Waals surface area contributed by atoms with Crippen molar-refractivity contribution in [1.82, 2.24) is 0 Å². The quantitative estimate of drug-likeness (QED) is 0.484. The van der Waals surface area contributed by atoms with Crippen LogP contribution in [0.15, 0.2) is 34.7 Å². The van der Waals surface area contributed by atoms with Crippen LogP contribution in [-0.4, -0.2) is 25.1 Å². The van der Waals surface area contributed by atoms with Gasteiger partial charge in [0.25, 0.3) is 11.4 Å². The van der Waals surface area contributed by atoms with E-state index in [4.69, 9.17) is 9.15 Å². The molecule has 104 valence electrons. The van der Waals surface area contributed by atoms with Crippen LogP contribution >= 0.6 is 0 Å². The van der Waals surface area contributed by atoms with E-state index in [0.29, 0.717) is 0 Å². The van der Waals surface area contributed by atoms with Crippen LogP contribution in [0.5, 0.6) is 5.75 Å². The molecule has 0 aliphatic carbocycles. The van der Waals surface area contributed by atoms with Crippen molar-refractivity contribution in [2.24, 2.45) is 0 Å². The van der Waals surface area contributed by atoms with Crippen molar-refractivity contribution < 1.29 is 23.6 Å². The zero-order valence-corrected chi connectivity index (χ0v) is 10.8. The van der Waals surface area contributed by atoms with Crippen LogP contribution in [0.4, 0.5) is 5.69 Å². The molecule has 0 saturated heterocycles. The number of hydrogen-bond donors (Lipinski definition) is 0. The van der Waals surface area contributed by atoms with Gasteiger partial charge in [0, 0.05) is 12.1 Å². The van der Waals surface area contributed by atoms with Gasteiger partial charge in [0.05, 0.1) is 24.7 Å². The predicted molar refractivity (Wildman–Crippen MR) is 68.7 cm³/mol. The number of hydrogen-bond acceptors (Lipinski definition) is 6. The van der Waals surface area contributed by atoms with E-state index < -0.39 is 10.9 Å². The fourth-order valence-corrected chi connectivity index (χ4v) is 1.73. The monoisotopic (exact) mass is 277 g/mol. The van der Waals surface area contributed by atoms with Crippen molar-refractivity contribution in [2.75, 3.05) is 14.2 Å². The number of carbonyl (C=O) groups is 1. The van der Waals surface area contributed by atoms with E-state index >= 15 is 0 Å². The van der Waals surface area contributed by atoms with E-state index in [1.54, 1.807) is 12.1 Å². The highest BCUT2D eigenvalue weighted by atomic mass is 16.6. The van der Waals surface area contributed by atoms with Crippen molar-refractivity contribution in [2.45, 2.75) is 0 Å². The third-order valence-corrected chi connectivity index (χ3v) is 2.65. The molecule has 0 saturated carbocycles. The average Bonchev–Trinajstić information content (AvgIpc) is 2.90. The van der Waals surface area contributed by atoms with Gasteiger partial charge in [-0.05, 0) is 6.07 Å². The average molecular weight is 277 g/mol. The lowest BCUT2D eigenvalue weighted by atomic mass is 10.1. The van der Waals surface area contributed by atoms with Gasteiger partial charge in [0.15, 0.2) is 5.75 Å². The topological polar surface area (TPSA) is 91.8 Å². The molecule has 0 aliphatic rings. The Balaban J connectivity index is 2.57. The molecule has 0 bridgehead atoms. The van der Waals surface area contributed by atoms with Crippen molar-refractivity contribution in [3.8, 4) is 17.1 Å². The largest absolute Gasteiger partial charge is 0.492 e. The fraction of sp³-hybridized carbons (Fsp3) is 0.154. The number of nitrogens with zero attached hydrogens (tertiary/aromatic N) is 1. The second kappa shape index (κ2) is 5.43. The second-order valence-electron chi connectivity index (χ2n) is 3.77. The summed E-state index contributed by atoms with van der Waals surface area (Å²) in [6.45, 7) is 0. The highest BCUT2D eigenvalue weighted by Crippen LogP contribution is 2.35. The van der Waals surface area contributed by atoms with E-state index in [2.05, 4.69) is 4.74 Å². The lowest BCUT2D eigenvalue weighted by molar-refractivity contribution is -0.384. The molecule has 2 rings (SSSR count). The summed E-state index contributed by atoms with van der Waals surface area (Å²) in [5.74, 6) is -0.533.